The van der Waals surface area contributed by atoms with E-state index in [2.05, 4.69) is 10.3 Å². The van der Waals surface area contributed by atoms with Gasteiger partial charge in [-0.15, -0.1) is 0 Å². The first-order valence-electron chi connectivity index (χ1n) is 11.5. The van der Waals surface area contributed by atoms with Crippen molar-refractivity contribution in [3.63, 3.8) is 0 Å². The molecular weight excluding hydrogens is 424 g/mol. The molecule has 33 heavy (non-hydrogen) atoms. The minimum absolute atomic E-state index is 0.0545. The molecule has 0 aliphatic carbocycles. The second-order valence-electron chi connectivity index (χ2n) is 8.47. The molecule has 1 saturated heterocycles. The number of fused-ring (bicyclic) bond motifs is 1. The summed E-state index contributed by atoms with van der Waals surface area (Å²) in [6.45, 7) is 3.29. The highest BCUT2D eigenvalue weighted by molar-refractivity contribution is 5.93. The summed E-state index contributed by atoms with van der Waals surface area (Å²) >= 11 is 0. The Labute approximate surface area is 194 Å². The van der Waals surface area contributed by atoms with Crippen molar-refractivity contribution < 1.29 is 23.8 Å². The zero-order valence-corrected chi connectivity index (χ0v) is 19.3. The van der Waals surface area contributed by atoms with E-state index in [9.17, 15) is 9.59 Å². The number of hydrogen-bond donors (Lipinski definition) is 1. The summed E-state index contributed by atoms with van der Waals surface area (Å²) in [5.41, 5.74) is 2.32. The smallest absolute Gasteiger partial charge is 0.274 e. The average molecular weight is 457 g/mol. The number of imidazole rings is 1. The Bertz CT molecular complexity index is 950. The molecule has 0 bridgehead atoms. The van der Waals surface area contributed by atoms with Crippen molar-refractivity contribution in [3.05, 3.63) is 47.5 Å². The van der Waals surface area contributed by atoms with E-state index in [1.54, 1.807) is 25.4 Å². The van der Waals surface area contributed by atoms with Crippen LogP contribution in [-0.4, -0.2) is 66.7 Å². The second kappa shape index (κ2) is 10.8. The highest BCUT2D eigenvalue weighted by atomic mass is 16.5. The lowest BCUT2D eigenvalue weighted by Crippen LogP contribution is -2.43. The van der Waals surface area contributed by atoms with Crippen LogP contribution in [0, 0.1) is 5.92 Å². The third-order valence-electron chi connectivity index (χ3n) is 6.40. The van der Waals surface area contributed by atoms with Crippen LogP contribution in [0.2, 0.25) is 0 Å². The van der Waals surface area contributed by atoms with Crippen molar-refractivity contribution in [3.8, 4) is 5.75 Å². The van der Waals surface area contributed by atoms with Crippen molar-refractivity contribution in [2.45, 2.75) is 38.5 Å². The Balaban J connectivity index is 1.32. The number of hydrogen-bond acceptors (Lipinski definition) is 6. The first-order chi connectivity index (χ1) is 16.1. The molecule has 1 N–H and O–H groups in total. The molecule has 1 fully saturated rings. The molecule has 0 radical (unpaired) electrons. The van der Waals surface area contributed by atoms with Gasteiger partial charge in [0.05, 0.1) is 32.3 Å². The summed E-state index contributed by atoms with van der Waals surface area (Å²) in [6.07, 6.45) is 3.74. The van der Waals surface area contributed by atoms with Gasteiger partial charge in [-0.1, -0.05) is 12.1 Å². The summed E-state index contributed by atoms with van der Waals surface area (Å²) in [6, 6.07) is 7.83. The number of nitrogens with one attached hydrogen (secondary N) is 1. The number of methoxy groups -OCH3 is 2. The standard InChI is InChI=1S/C24H32N4O5/c1-31-13-3-10-25-23(29)18-8-11-27(12-9-18)24(30)22-20-15-33-21(14-28(20)16-26-22)17-4-6-19(32-2)7-5-17/h4-7,16,18,21H,3,8-15H2,1-2H3,(H,25,29)/t21-/m1/s1. The van der Waals surface area contributed by atoms with Gasteiger partial charge in [0.25, 0.3) is 5.91 Å². The number of nitrogens with zero attached hydrogens (tertiary/aromatic N) is 3. The van der Waals surface area contributed by atoms with Crippen molar-refractivity contribution in [2.24, 2.45) is 5.92 Å². The maximum absolute atomic E-state index is 13.1. The van der Waals surface area contributed by atoms with E-state index in [0.29, 0.717) is 57.9 Å². The number of carbonyl (C=O) groups excluding carboxylic acids is 2. The molecule has 1 atom stereocenters. The topological polar surface area (TPSA) is 94.9 Å². The summed E-state index contributed by atoms with van der Waals surface area (Å²) in [5, 5.41) is 2.96. The largest absolute Gasteiger partial charge is 0.497 e. The first-order valence-corrected chi connectivity index (χ1v) is 11.5. The number of rotatable bonds is 8. The fourth-order valence-corrected chi connectivity index (χ4v) is 4.39. The highest BCUT2D eigenvalue weighted by Crippen LogP contribution is 2.29. The van der Waals surface area contributed by atoms with Crippen LogP contribution in [0.25, 0.3) is 0 Å². The van der Waals surface area contributed by atoms with Gasteiger partial charge < -0.3 is 29.0 Å². The van der Waals surface area contributed by atoms with E-state index in [1.807, 2.05) is 28.8 Å². The van der Waals surface area contributed by atoms with Gasteiger partial charge in [0.15, 0.2) is 5.69 Å². The van der Waals surface area contributed by atoms with Crippen LogP contribution in [-0.2, 0) is 27.4 Å². The van der Waals surface area contributed by atoms with Crippen LogP contribution in [0.15, 0.2) is 30.6 Å². The van der Waals surface area contributed by atoms with Crippen molar-refractivity contribution >= 4 is 11.8 Å². The summed E-state index contributed by atoms with van der Waals surface area (Å²) in [5.74, 6) is 0.726. The number of likely N-dealkylation sites (tertiary alicyclic amines) is 1. The van der Waals surface area contributed by atoms with E-state index < -0.39 is 0 Å². The Morgan fingerprint density at radius 1 is 1.18 bits per heavy atom. The van der Waals surface area contributed by atoms with Gasteiger partial charge in [-0.25, -0.2) is 4.98 Å². The fourth-order valence-electron chi connectivity index (χ4n) is 4.39. The predicted molar refractivity (Wildman–Crippen MR) is 121 cm³/mol. The van der Waals surface area contributed by atoms with Crippen LogP contribution in [0.5, 0.6) is 5.75 Å². The number of piperidine rings is 1. The SMILES string of the molecule is COCCCNC(=O)C1CCN(C(=O)c2ncn3c2CO[C@@H](c2ccc(OC)cc2)C3)CC1. The van der Waals surface area contributed by atoms with E-state index in [-0.39, 0.29) is 23.8 Å². The van der Waals surface area contributed by atoms with Gasteiger partial charge in [-0.3, -0.25) is 9.59 Å². The zero-order chi connectivity index (χ0) is 23.2. The van der Waals surface area contributed by atoms with E-state index in [1.165, 1.54) is 0 Å². The van der Waals surface area contributed by atoms with Crippen molar-refractivity contribution in [2.75, 3.05) is 40.5 Å². The molecule has 0 saturated carbocycles. The molecule has 0 unspecified atom stereocenters. The molecule has 1 aromatic heterocycles. The Hall–Kier alpha value is -2.91. The fraction of sp³-hybridized carbons (Fsp3) is 0.542. The lowest BCUT2D eigenvalue weighted by Gasteiger charge is -2.31. The maximum atomic E-state index is 13.1. The lowest BCUT2D eigenvalue weighted by atomic mass is 9.95. The molecule has 2 amide bonds. The van der Waals surface area contributed by atoms with Crippen LogP contribution >= 0.6 is 0 Å². The molecular formula is C24H32N4O5. The molecule has 0 spiro atoms. The van der Waals surface area contributed by atoms with Crippen LogP contribution in [0.3, 0.4) is 0 Å². The minimum atomic E-state index is -0.0984. The number of benzene rings is 1. The molecule has 9 nitrogen and oxygen atoms in total. The third-order valence-corrected chi connectivity index (χ3v) is 6.40. The number of amides is 2. The first kappa shape index (κ1) is 23.3. The van der Waals surface area contributed by atoms with Gasteiger partial charge in [-0.05, 0) is 37.0 Å². The van der Waals surface area contributed by atoms with Crippen LogP contribution in [0.4, 0.5) is 0 Å². The number of carbonyl (C=O) groups is 2. The normalized spacial score (nSPS) is 18.6. The predicted octanol–water partition coefficient (Wildman–Crippen LogP) is 2.17. The second-order valence-corrected chi connectivity index (χ2v) is 8.47. The average Bonchev–Trinajstić information content (AvgIpc) is 3.29. The molecule has 4 rings (SSSR count). The molecule has 2 aliphatic heterocycles. The minimum Gasteiger partial charge on any atom is -0.497 e. The van der Waals surface area contributed by atoms with Gasteiger partial charge >= 0.3 is 0 Å². The Kier molecular flexibility index (Phi) is 7.61. The zero-order valence-electron chi connectivity index (χ0n) is 19.3. The van der Waals surface area contributed by atoms with Gasteiger partial charge in [0.2, 0.25) is 5.91 Å². The molecule has 2 aromatic rings. The summed E-state index contributed by atoms with van der Waals surface area (Å²) in [4.78, 5) is 31.7. The molecule has 1 aromatic carbocycles. The Morgan fingerprint density at radius 3 is 2.64 bits per heavy atom. The van der Waals surface area contributed by atoms with Crippen LogP contribution in [0.1, 0.15) is 47.1 Å². The van der Waals surface area contributed by atoms with Gasteiger partial charge in [0, 0.05) is 39.3 Å². The molecule has 9 heteroatoms. The monoisotopic (exact) mass is 456 g/mol. The number of ether oxygens (including phenoxy) is 3. The number of aromatic nitrogens is 2. The third kappa shape index (κ3) is 5.36. The van der Waals surface area contributed by atoms with Crippen molar-refractivity contribution in [1.29, 1.82) is 0 Å². The van der Waals surface area contributed by atoms with E-state index in [4.69, 9.17) is 14.2 Å². The summed E-state index contributed by atoms with van der Waals surface area (Å²) in [7, 11) is 3.29. The quantitative estimate of drug-likeness (QED) is 0.612. The molecule has 3 heterocycles. The van der Waals surface area contributed by atoms with E-state index >= 15 is 0 Å². The van der Waals surface area contributed by atoms with Crippen molar-refractivity contribution in [1.82, 2.24) is 19.8 Å². The van der Waals surface area contributed by atoms with Crippen LogP contribution < -0.4 is 10.1 Å². The highest BCUT2D eigenvalue weighted by Gasteiger charge is 2.32. The van der Waals surface area contributed by atoms with Gasteiger partial charge in [0.1, 0.15) is 11.9 Å². The molecule has 178 valence electrons. The summed E-state index contributed by atoms with van der Waals surface area (Å²) < 4.78 is 18.3. The van der Waals surface area contributed by atoms with Gasteiger partial charge in [-0.2, -0.15) is 0 Å². The van der Waals surface area contributed by atoms with E-state index in [0.717, 1.165) is 23.4 Å². The maximum Gasteiger partial charge on any atom is 0.274 e. The molecule has 2 aliphatic rings. The Morgan fingerprint density at radius 2 is 1.94 bits per heavy atom. The lowest BCUT2D eigenvalue weighted by molar-refractivity contribution is -0.126.